The quantitative estimate of drug-likeness (QED) is 0.796. The highest BCUT2D eigenvalue weighted by atomic mass is 16.2. The third-order valence-electron chi connectivity index (χ3n) is 4.38. The Hall–Kier alpha value is -1.88. The molecule has 5 nitrogen and oxygen atoms in total. The summed E-state index contributed by atoms with van der Waals surface area (Å²) in [5, 5.41) is 2.68. The molecule has 0 aliphatic carbocycles. The molecule has 0 radical (unpaired) electrons. The molecule has 1 heterocycles. The molecular weight excluding hydrogens is 290 g/mol. The van der Waals surface area contributed by atoms with Crippen LogP contribution in [0, 0.1) is 5.92 Å². The van der Waals surface area contributed by atoms with Gasteiger partial charge in [-0.3, -0.25) is 9.59 Å². The largest absolute Gasteiger partial charge is 0.347 e. The number of piperidine rings is 1. The van der Waals surface area contributed by atoms with E-state index in [0.29, 0.717) is 25.3 Å². The molecule has 1 aromatic carbocycles. The van der Waals surface area contributed by atoms with Gasteiger partial charge in [-0.05, 0) is 43.7 Å². The zero-order valence-electron chi connectivity index (χ0n) is 13.7. The van der Waals surface area contributed by atoms with Crippen LogP contribution in [0.4, 0.5) is 0 Å². The molecule has 1 aliphatic rings. The van der Waals surface area contributed by atoms with Crippen molar-refractivity contribution in [2.45, 2.75) is 32.1 Å². The molecule has 0 atom stereocenters. The number of nitrogens with one attached hydrogen (secondary N) is 1. The Balaban J connectivity index is 1.67. The van der Waals surface area contributed by atoms with Crippen LogP contribution in [-0.2, 0) is 16.0 Å². The minimum absolute atomic E-state index is 0.0178. The smallest absolute Gasteiger partial charge is 0.241 e. The second kappa shape index (κ2) is 9.30. The maximum atomic E-state index is 12.1. The number of carbonyl (C=O) groups is 2. The second-order valence-electron chi connectivity index (χ2n) is 6.18. The normalized spacial score (nSPS) is 15.4. The summed E-state index contributed by atoms with van der Waals surface area (Å²) < 4.78 is 0. The van der Waals surface area contributed by atoms with E-state index in [1.54, 1.807) is 0 Å². The topological polar surface area (TPSA) is 75.4 Å². The lowest BCUT2D eigenvalue weighted by atomic mass is 9.90. The zero-order valence-corrected chi connectivity index (χ0v) is 13.7. The summed E-state index contributed by atoms with van der Waals surface area (Å²) in [5.74, 6) is 0.563. The fourth-order valence-electron chi connectivity index (χ4n) is 2.97. The van der Waals surface area contributed by atoms with E-state index in [4.69, 9.17) is 5.73 Å². The first-order valence-electron chi connectivity index (χ1n) is 8.47. The van der Waals surface area contributed by atoms with Crippen molar-refractivity contribution in [2.24, 2.45) is 11.7 Å². The Kier molecular flexibility index (Phi) is 7.07. The van der Waals surface area contributed by atoms with Crippen molar-refractivity contribution in [3.8, 4) is 0 Å². The lowest BCUT2D eigenvalue weighted by Crippen LogP contribution is -2.44. The van der Waals surface area contributed by atoms with Crippen LogP contribution in [0.1, 0.15) is 31.2 Å². The average Bonchev–Trinajstić information content (AvgIpc) is 2.59. The van der Waals surface area contributed by atoms with E-state index in [0.717, 1.165) is 32.4 Å². The monoisotopic (exact) mass is 317 g/mol. The van der Waals surface area contributed by atoms with E-state index >= 15 is 0 Å². The highest BCUT2D eigenvalue weighted by molar-refractivity contribution is 5.84. The molecule has 0 saturated carbocycles. The Morgan fingerprint density at radius 2 is 1.87 bits per heavy atom. The van der Waals surface area contributed by atoms with Crippen molar-refractivity contribution < 1.29 is 9.59 Å². The molecule has 1 aliphatic heterocycles. The number of benzene rings is 1. The van der Waals surface area contributed by atoms with E-state index in [-0.39, 0.29) is 18.4 Å². The first-order valence-corrected chi connectivity index (χ1v) is 8.47. The SMILES string of the molecule is NCCCC(=O)NCC(=O)N1CCC(Cc2ccccc2)CC1. The van der Waals surface area contributed by atoms with Crippen molar-refractivity contribution in [1.82, 2.24) is 10.2 Å². The lowest BCUT2D eigenvalue weighted by Gasteiger charge is -2.32. The maximum Gasteiger partial charge on any atom is 0.241 e. The number of hydrogen-bond acceptors (Lipinski definition) is 3. The highest BCUT2D eigenvalue weighted by Gasteiger charge is 2.22. The van der Waals surface area contributed by atoms with Gasteiger partial charge in [-0.2, -0.15) is 0 Å². The molecule has 0 aromatic heterocycles. The van der Waals surface area contributed by atoms with Crippen molar-refractivity contribution >= 4 is 11.8 Å². The Labute approximate surface area is 138 Å². The summed E-state index contributed by atoms with van der Waals surface area (Å²) in [6, 6.07) is 10.5. The molecule has 0 spiro atoms. The molecule has 23 heavy (non-hydrogen) atoms. The third kappa shape index (κ3) is 6.02. The molecule has 0 unspecified atom stereocenters. The van der Waals surface area contributed by atoms with Gasteiger partial charge in [-0.25, -0.2) is 0 Å². The van der Waals surface area contributed by atoms with Crippen LogP contribution in [0.15, 0.2) is 30.3 Å². The van der Waals surface area contributed by atoms with Crippen LogP contribution in [0.2, 0.25) is 0 Å². The first-order chi connectivity index (χ1) is 11.2. The van der Waals surface area contributed by atoms with E-state index in [2.05, 4.69) is 29.6 Å². The molecule has 1 fully saturated rings. The summed E-state index contributed by atoms with van der Waals surface area (Å²) in [6.45, 7) is 2.17. The molecule has 126 valence electrons. The average molecular weight is 317 g/mol. The van der Waals surface area contributed by atoms with Gasteiger partial charge in [0.2, 0.25) is 11.8 Å². The van der Waals surface area contributed by atoms with Crippen LogP contribution in [-0.4, -0.2) is 42.9 Å². The van der Waals surface area contributed by atoms with Crippen molar-refractivity contribution in [3.63, 3.8) is 0 Å². The maximum absolute atomic E-state index is 12.1. The Morgan fingerprint density at radius 1 is 1.17 bits per heavy atom. The standard InChI is InChI=1S/C18H27N3O2/c19-10-4-7-17(22)20-14-18(23)21-11-8-16(9-12-21)13-15-5-2-1-3-6-15/h1-3,5-6,16H,4,7-14,19H2,(H,20,22). The van der Waals surface area contributed by atoms with Gasteiger partial charge in [0.25, 0.3) is 0 Å². The minimum atomic E-state index is -0.0947. The molecule has 1 saturated heterocycles. The molecular formula is C18H27N3O2. The van der Waals surface area contributed by atoms with Gasteiger partial charge < -0.3 is 16.0 Å². The number of nitrogens with zero attached hydrogens (tertiary/aromatic N) is 1. The van der Waals surface area contributed by atoms with Gasteiger partial charge in [0.1, 0.15) is 0 Å². The molecule has 1 aromatic rings. The third-order valence-corrected chi connectivity index (χ3v) is 4.38. The van der Waals surface area contributed by atoms with E-state index in [1.807, 2.05) is 11.0 Å². The number of hydrogen-bond donors (Lipinski definition) is 2. The fraction of sp³-hybridized carbons (Fsp3) is 0.556. The first kappa shape index (κ1) is 17.5. The summed E-state index contributed by atoms with van der Waals surface area (Å²) in [6.07, 6.45) is 4.19. The van der Waals surface area contributed by atoms with Crippen LogP contribution in [0.25, 0.3) is 0 Å². The lowest BCUT2D eigenvalue weighted by molar-refractivity contribution is -0.134. The van der Waals surface area contributed by atoms with Crippen LogP contribution in [0.5, 0.6) is 0 Å². The Morgan fingerprint density at radius 3 is 2.52 bits per heavy atom. The van der Waals surface area contributed by atoms with Crippen molar-refractivity contribution in [2.75, 3.05) is 26.2 Å². The van der Waals surface area contributed by atoms with Crippen molar-refractivity contribution in [3.05, 3.63) is 35.9 Å². The number of likely N-dealkylation sites (tertiary alicyclic amines) is 1. The van der Waals surface area contributed by atoms with Crippen LogP contribution in [0.3, 0.4) is 0 Å². The van der Waals surface area contributed by atoms with Gasteiger partial charge >= 0.3 is 0 Å². The minimum Gasteiger partial charge on any atom is -0.347 e. The molecule has 5 heteroatoms. The predicted octanol–water partition coefficient (Wildman–Crippen LogP) is 1.32. The molecule has 0 bridgehead atoms. The molecule has 2 amide bonds. The Bertz CT molecular complexity index is 496. The van der Waals surface area contributed by atoms with Gasteiger partial charge in [0.05, 0.1) is 6.54 Å². The van der Waals surface area contributed by atoms with E-state index in [9.17, 15) is 9.59 Å². The van der Waals surface area contributed by atoms with Crippen LogP contribution < -0.4 is 11.1 Å². The van der Waals surface area contributed by atoms with E-state index < -0.39 is 0 Å². The number of rotatable bonds is 7. The number of nitrogens with two attached hydrogens (primary N) is 1. The second-order valence-corrected chi connectivity index (χ2v) is 6.18. The number of amides is 2. The van der Waals surface area contributed by atoms with Gasteiger partial charge in [0.15, 0.2) is 0 Å². The van der Waals surface area contributed by atoms with E-state index in [1.165, 1.54) is 5.56 Å². The van der Waals surface area contributed by atoms with Gasteiger partial charge in [-0.1, -0.05) is 30.3 Å². The zero-order chi connectivity index (χ0) is 16.5. The fourth-order valence-corrected chi connectivity index (χ4v) is 2.97. The summed E-state index contributed by atoms with van der Waals surface area (Å²) in [7, 11) is 0. The van der Waals surface area contributed by atoms with Crippen molar-refractivity contribution in [1.29, 1.82) is 0 Å². The molecule has 3 N–H and O–H groups in total. The highest BCUT2D eigenvalue weighted by Crippen LogP contribution is 2.21. The summed E-state index contributed by atoms with van der Waals surface area (Å²) in [5.41, 5.74) is 6.73. The van der Waals surface area contributed by atoms with Gasteiger partial charge in [-0.15, -0.1) is 0 Å². The molecule has 2 rings (SSSR count). The van der Waals surface area contributed by atoms with Gasteiger partial charge in [0, 0.05) is 19.5 Å². The summed E-state index contributed by atoms with van der Waals surface area (Å²) in [4.78, 5) is 25.5. The summed E-state index contributed by atoms with van der Waals surface area (Å²) >= 11 is 0. The van der Waals surface area contributed by atoms with Crippen LogP contribution >= 0.6 is 0 Å². The predicted molar refractivity (Wildman–Crippen MR) is 90.7 cm³/mol. The number of carbonyl (C=O) groups excluding carboxylic acids is 2.